The Morgan fingerprint density at radius 3 is 2.59 bits per heavy atom. The van der Waals surface area contributed by atoms with Crippen LogP contribution in [0.3, 0.4) is 0 Å². The van der Waals surface area contributed by atoms with Gasteiger partial charge in [0.15, 0.2) is 0 Å². The minimum atomic E-state index is 0.680. The quantitative estimate of drug-likeness (QED) is 0.645. The molecule has 1 fully saturated rings. The van der Waals surface area contributed by atoms with E-state index in [1.165, 1.54) is 48.8 Å². The van der Waals surface area contributed by atoms with Crippen LogP contribution in [-0.2, 0) is 0 Å². The molecule has 1 aromatic carbocycles. The average molecular weight is 249 g/mol. The maximum atomic E-state index is 6.13. The van der Waals surface area contributed by atoms with Crippen LogP contribution >= 0.6 is 11.6 Å². The fourth-order valence-corrected chi connectivity index (χ4v) is 2.98. The van der Waals surface area contributed by atoms with E-state index in [0.717, 1.165) is 5.92 Å². The van der Waals surface area contributed by atoms with Gasteiger partial charge in [0.05, 0.1) is 0 Å². The van der Waals surface area contributed by atoms with E-state index in [-0.39, 0.29) is 0 Å². The molecule has 0 spiro atoms. The normalized spacial score (nSPS) is 18.4. The number of hydrogen-bond donors (Lipinski definition) is 0. The first-order chi connectivity index (χ1) is 8.31. The van der Waals surface area contributed by atoms with E-state index in [4.69, 9.17) is 11.6 Å². The lowest BCUT2D eigenvalue weighted by molar-refractivity contribution is 0.405. The van der Waals surface area contributed by atoms with Gasteiger partial charge in [-0.2, -0.15) is 0 Å². The molecule has 0 saturated heterocycles. The molecule has 0 amide bonds. The highest BCUT2D eigenvalue weighted by Crippen LogP contribution is 2.31. The zero-order chi connectivity index (χ0) is 12.1. The van der Waals surface area contributed by atoms with Crippen LogP contribution in [0, 0.1) is 12.8 Å². The van der Waals surface area contributed by atoms with Crippen LogP contribution in [-0.4, -0.2) is 5.88 Å². The van der Waals surface area contributed by atoms with Crippen LogP contribution in [0.2, 0.25) is 0 Å². The van der Waals surface area contributed by atoms with Crippen molar-refractivity contribution in [2.75, 3.05) is 5.88 Å². The Labute approximate surface area is 110 Å². The summed E-state index contributed by atoms with van der Waals surface area (Å²) in [4.78, 5) is 0. The summed E-state index contributed by atoms with van der Waals surface area (Å²) in [6, 6.07) is 8.54. The van der Waals surface area contributed by atoms with Gasteiger partial charge in [-0.1, -0.05) is 55.2 Å². The van der Waals surface area contributed by atoms with Crippen LogP contribution in [0.5, 0.6) is 0 Å². The fraction of sp³-hybridized carbons (Fsp3) is 0.500. The van der Waals surface area contributed by atoms with E-state index >= 15 is 0 Å². The smallest absolute Gasteiger partial charge is 0.0439 e. The Morgan fingerprint density at radius 2 is 1.94 bits per heavy atom. The molecule has 0 bridgehead atoms. The van der Waals surface area contributed by atoms with E-state index in [1.807, 2.05) is 0 Å². The summed E-state index contributed by atoms with van der Waals surface area (Å²) in [6.07, 6.45) is 9.10. The lowest BCUT2D eigenvalue weighted by Crippen LogP contribution is -2.10. The molecule has 1 aliphatic rings. The Hall–Kier alpha value is -0.750. The third-order valence-electron chi connectivity index (χ3n) is 3.81. The van der Waals surface area contributed by atoms with Gasteiger partial charge in [-0.3, -0.25) is 0 Å². The molecule has 2 rings (SSSR count). The lowest BCUT2D eigenvalue weighted by Gasteiger charge is -2.23. The maximum Gasteiger partial charge on any atom is 0.0439 e. The molecule has 0 unspecified atom stereocenters. The van der Waals surface area contributed by atoms with Crippen molar-refractivity contribution in [3.8, 4) is 0 Å². The van der Waals surface area contributed by atoms with Crippen molar-refractivity contribution in [3.05, 3.63) is 41.0 Å². The zero-order valence-electron chi connectivity index (χ0n) is 10.6. The molecule has 0 N–H and O–H groups in total. The summed E-state index contributed by atoms with van der Waals surface area (Å²) < 4.78 is 0. The highest BCUT2D eigenvalue weighted by molar-refractivity contribution is 6.19. The molecule has 0 radical (unpaired) electrons. The fourth-order valence-electron chi connectivity index (χ4n) is 2.69. The Kier molecular flexibility index (Phi) is 4.67. The van der Waals surface area contributed by atoms with Crippen molar-refractivity contribution in [1.29, 1.82) is 0 Å². The van der Waals surface area contributed by atoms with Crippen LogP contribution in [0.15, 0.2) is 29.8 Å². The summed E-state index contributed by atoms with van der Waals surface area (Å²) in [7, 11) is 0. The number of allylic oxidation sites excluding steroid dienone is 1. The molecule has 0 aliphatic heterocycles. The Morgan fingerprint density at radius 1 is 1.24 bits per heavy atom. The van der Waals surface area contributed by atoms with Gasteiger partial charge in [0, 0.05) is 5.88 Å². The van der Waals surface area contributed by atoms with Crippen LogP contribution in [0.1, 0.15) is 43.2 Å². The van der Waals surface area contributed by atoms with Crippen molar-refractivity contribution >= 4 is 17.7 Å². The highest BCUT2D eigenvalue weighted by Gasteiger charge is 2.17. The molecule has 1 aromatic rings. The second-order valence-corrected chi connectivity index (χ2v) is 5.31. The van der Waals surface area contributed by atoms with Gasteiger partial charge in [0.25, 0.3) is 0 Å². The predicted molar refractivity (Wildman–Crippen MR) is 76.5 cm³/mol. The SMILES string of the molecule is Cc1ccccc1C=C(CCl)C1CCCCC1. The average Bonchev–Trinajstić information content (AvgIpc) is 2.39. The van der Waals surface area contributed by atoms with Crippen molar-refractivity contribution in [3.63, 3.8) is 0 Å². The van der Waals surface area contributed by atoms with Crippen LogP contribution < -0.4 is 0 Å². The first-order valence-corrected chi connectivity index (χ1v) is 7.17. The number of rotatable bonds is 3. The number of halogens is 1. The zero-order valence-corrected chi connectivity index (χ0v) is 11.3. The maximum absolute atomic E-state index is 6.13. The number of hydrogen-bond acceptors (Lipinski definition) is 0. The van der Waals surface area contributed by atoms with Crippen LogP contribution in [0.25, 0.3) is 6.08 Å². The van der Waals surface area contributed by atoms with Gasteiger partial charge in [-0.15, -0.1) is 11.6 Å². The molecule has 0 nitrogen and oxygen atoms in total. The van der Waals surface area contributed by atoms with Gasteiger partial charge in [-0.05, 0) is 36.8 Å². The van der Waals surface area contributed by atoms with Crippen molar-refractivity contribution in [1.82, 2.24) is 0 Å². The van der Waals surface area contributed by atoms with Gasteiger partial charge >= 0.3 is 0 Å². The predicted octanol–water partition coefficient (Wildman–Crippen LogP) is 5.20. The number of alkyl halides is 1. The van der Waals surface area contributed by atoms with E-state index in [0.29, 0.717) is 5.88 Å². The van der Waals surface area contributed by atoms with Crippen molar-refractivity contribution in [2.24, 2.45) is 5.92 Å². The first kappa shape index (κ1) is 12.7. The molecule has 1 heteroatoms. The second-order valence-electron chi connectivity index (χ2n) is 5.04. The van der Waals surface area contributed by atoms with E-state index in [2.05, 4.69) is 37.3 Å². The third kappa shape index (κ3) is 3.35. The standard InChI is InChI=1S/C16H21Cl/c1-13-7-5-6-10-15(13)11-16(12-17)14-8-3-2-4-9-14/h5-7,10-11,14H,2-4,8-9,12H2,1H3. The van der Waals surface area contributed by atoms with Gasteiger partial charge in [0.2, 0.25) is 0 Å². The summed E-state index contributed by atoms with van der Waals surface area (Å²) >= 11 is 6.13. The number of benzene rings is 1. The van der Waals surface area contributed by atoms with Crippen molar-refractivity contribution < 1.29 is 0 Å². The molecule has 92 valence electrons. The van der Waals surface area contributed by atoms with Crippen molar-refractivity contribution in [2.45, 2.75) is 39.0 Å². The topological polar surface area (TPSA) is 0 Å². The molecule has 1 aliphatic carbocycles. The first-order valence-electron chi connectivity index (χ1n) is 6.63. The van der Waals surface area contributed by atoms with Gasteiger partial charge < -0.3 is 0 Å². The monoisotopic (exact) mass is 248 g/mol. The van der Waals surface area contributed by atoms with E-state index in [9.17, 15) is 0 Å². The molecule has 17 heavy (non-hydrogen) atoms. The molecule has 0 aromatic heterocycles. The second kappa shape index (κ2) is 6.26. The largest absolute Gasteiger partial charge is 0.122 e. The molecular weight excluding hydrogens is 228 g/mol. The van der Waals surface area contributed by atoms with E-state index < -0.39 is 0 Å². The highest BCUT2D eigenvalue weighted by atomic mass is 35.5. The minimum Gasteiger partial charge on any atom is -0.122 e. The number of aryl methyl sites for hydroxylation is 1. The van der Waals surface area contributed by atoms with Gasteiger partial charge in [0.1, 0.15) is 0 Å². The third-order valence-corrected chi connectivity index (χ3v) is 4.12. The summed E-state index contributed by atoms with van der Waals surface area (Å²) in [5.74, 6) is 1.40. The molecule has 1 saturated carbocycles. The lowest BCUT2D eigenvalue weighted by atomic mass is 9.83. The summed E-state index contributed by atoms with van der Waals surface area (Å²) in [6.45, 7) is 2.17. The summed E-state index contributed by atoms with van der Waals surface area (Å²) in [5, 5.41) is 0. The summed E-state index contributed by atoms with van der Waals surface area (Å²) in [5.41, 5.74) is 4.10. The van der Waals surface area contributed by atoms with Crippen LogP contribution in [0.4, 0.5) is 0 Å². The molecule has 0 heterocycles. The minimum absolute atomic E-state index is 0.680. The van der Waals surface area contributed by atoms with Gasteiger partial charge in [-0.25, -0.2) is 0 Å². The Balaban J connectivity index is 2.19. The Bertz CT molecular complexity index is 386. The van der Waals surface area contributed by atoms with E-state index in [1.54, 1.807) is 0 Å². The molecular formula is C16H21Cl. The molecule has 0 atom stereocenters.